The Hall–Kier alpha value is -1.15. The van der Waals surface area contributed by atoms with Crippen molar-refractivity contribution in [1.82, 2.24) is 4.90 Å². The Balaban J connectivity index is 1.80. The van der Waals surface area contributed by atoms with Crippen LogP contribution in [0.2, 0.25) is 0 Å². The predicted molar refractivity (Wildman–Crippen MR) is 72.4 cm³/mol. The van der Waals surface area contributed by atoms with Crippen molar-refractivity contribution in [1.29, 1.82) is 0 Å². The maximum absolute atomic E-state index is 11.7. The van der Waals surface area contributed by atoms with Crippen LogP contribution in [0.3, 0.4) is 0 Å². The van der Waals surface area contributed by atoms with Gasteiger partial charge in [-0.1, -0.05) is 30.7 Å². The molecule has 0 aromatic heterocycles. The van der Waals surface area contributed by atoms with Gasteiger partial charge in [-0.2, -0.15) is 0 Å². The summed E-state index contributed by atoms with van der Waals surface area (Å²) in [5, 5.41) is 0. The molecule has 0 aliphatic carbocycles. The number of aryl methyl sites for hydroxylation is 1. The van der Waals surface area contributed by atoms with Crippen molar-refractivity contribution in [3.05, 3.63) is 35.4 Å². The van der Waals surface area contributed by atoms with Gasteiger partial charge in [-0.25, -0.2) is 0 Å². The summed E-state index contributed by atoms with van der Waals surface area (Å²) >= 11 is 0. The molecule has 2 heteroatoms. The maximum atomic E-state index is 11.7. The van der Waals surface area contributed by atoms with E-state index in [4.69, 9.17) is 0 Å². The van der Waals surface area contributed by atoms with Crippen molar-refractivity contribution in [2.45, 2.75) is 57.7 Å². The number of Topliss-reactive ketones (excluding diaryl/α,β-unsaturated/α-hetero) is 1. The lowest BCUT2D eigenvalue weighted by molar-refractivity contribution is -0.127. The molecular formula is C16H21NO. The zero-order valence-electron chi connectivity index (χ0n) is 11.1. The zero-order valence-corrected chi connectivity index (χ0v) is 11.1. The van der Waals surface area contributed by atoms with Gasteiger partial charge in [0.2, 0.25) is 0 Å². The number of carbonyl (C=O) groups excluding carboxylic acids is 1. The van der Waals surface area contributed by atoms with Gasteiger partial charge in [0.15, 0.2) is 0 Å². The molecule has 1 aromatic rings. The fourth-order valence-electron chi connectivity index (χ4n) is 3.51. The quantitative estimate of drug-likeness (QED) is 0.795. The Morgan fingerprint density at radius 2 is 1.83 bits per heavy atom. The summed E-state index contributed by atoms with van der Waals surface area (Å²) in [5.74, 6) is 0.478. The van der Waals surface area contributed by atoms with Crippen molar-refractivity contribution < 1.29 is 4.79 Å². The molecule has 2 aliphatic heterocycles. The summed E-state index contributed by atoms with van der Waals surface area (Å²) in [6, 6.07) is 9.63. The van der Waals surface area contributed by atoms with E-state index in [1.807, 2.05) is 0 Å². The topological polar surface area (TPSA) is 20.3 Å². The van der Waals surface area contributed by atoms with Crippen molar-refractivity contribution in [3.63, 3.8) is 0 Å². The van der Waals surface area contributed by atoms with E-state index in [0.29, 0.717) is 17.9 Å². The molecule has 1 aromatic carbocycles. The number of nitrogens with zero attached hydrogens (tertiary/aromatic N) is 1. The highest BCUT2D eigenvalue weighted by molar-refractivity contribution is 5.80. The molecule has 2 nitrogen and oxygen atoms in total. The molecule has 2 unspecified atom stereocenters. The summed E-state index contributed by atoms with van der Waals surface area (Å²) in [5.41, 5.74) is 2.79. The van der Waals surface area contributed by atoms with Crippen LogP contribution in [0.1, 0.15) is 43.2 Å². The van der Waals surface area contributed by atoms with Gasteiger partial charge in [0, 0.05) is 31.5 Å². The van der Waals surface area contributed by atoms with Gasteiger partial charge in [0.1, 0.15) is 5.78 Å². The van der Waals surface area contributed by atoms with Gasteiger partial charge >= 0.3 is 0 Å². The normalized spacial score (nSPS) is 28.4. The largest absolute Gasteiger partial charge is 0.300 e. The summed E-state index contributed by atoms with van der Waals surface area (Å²) in [6.45, 7) is 3.20. The number of ketones is 1. The summed E-state index contributed by atoms with van der Waals surface area (Å²) in [6.07, 6.45) is 5.26. The number of benzene rings is 1. The van der Waals surface area contributed by atoms with Gasteiger partial charge < -0.3 is 0 Å². The molecule has 0 amide bonds. The van der Waals surface area contributed by atoms with Gasteiger partial charge in [-0.15, -0.1) is 0 Å². The van der Waals surface area contributed by atoms with Crippen LogP contribution in [-0.4, -0.2) is 22.8 Å². The zero-order chi connectivity index (χ0) is 12.5. The molecule has 0 spiro atoms. The number of hydrogen-bond donors (Lipinski definition) is 0. The van der Waals surface area contributed by atoms with Crippen LogP contribution in [0.15, 0.2) is 24.3 Å². The molecule has 2 aliphatic rings. The number of fused-ring (bicyclic) bond motifs is 2. The second kappa shape index (κ2) is 4.85. The first-order chi connectivity index (χ1) is 8.74. The first-order valence-electron chi connectivity index (χ1n) is 7.06. The van der Waals surface area contributed by atoms with Crippen molar-refractivity contribution in [2.75, 3.05) is 0 Å². The van der Waals surface area contributed by atoms with Crippen LogP contribution in [0.25, 0.3) is 0 Å². The molecule has 2 atom stereocenters. The minimum Gasteiger partial charge on any atom is -0.300 e. The van der Waals surface area contributed by atoms with E-state index < -0.39 is 0 Å². The van der Waals surface area contributed by atoms with E-state index >= 15 is 0 Å². The molecule has 2 saturated heterocycles. The second-order valence-electron chi connectivity index (χ2n) is 5.78. The van der Waals surface area contributed by atoms with Crippen molar-refractivity contribution >= 4 is 5.78 Å². The fraction of sp³-hybridized carbons (Fsp3) is 0.562. The summed E-state index contributed by atoms with van der Waals surface area (Å²) in [7, 11) is 0. The molecule has 2 heterocycles. The highest BCUT2D eigenvalue weighted by Gasteiger charge is 2.37. The Morgan fingerprint density at radius 3 is 2.50 bits per heavy atom. The molecule has 96 valence electrons. The average Bonchev–Trinajstić information content (AvgIpc) is 2.33. The Morgan fingerprint density at radius 1 is 1.17 bits per heavy atom. The molecule has 0 N–H and O–H groups in total. The Labute approximate surface area is 109 Å². The third-order valence-electron chi connectivity index (χ3n) is 4.55. The van der Waals surface area contributed by atoms with Crippen LogP contribution >= 0.6 is 0 Å². The predicted octanol–water partition coefficient (Wildman–Crippen LogP) is 3.08. The lowest BCUT2D eigenvalue weighted by Crippen LogP contribution is -2.51. The number of carbonyl (C=O) groups is 1. The van der Waals surface area contributed by atoms with Crippen LogP contribution in [0, 0.1) is 6.92 Å². The minimum atomic E-state index is 0.478. The smallest absolute Gasteiger partial charge is 0.136 e. The van der Waals surface area contributed by atoms with Crippen LogP contribution in [0.5, 0.6) is 0 Å². The highest BCUT2D eigenvalue weighted by Crippen LogP contribution is 2.33. The lowest BCUT2D eigenvalue weighted by Gasteiger charge is -2.45. The van der Waals surface area contributed by atoms with E-state index in [2.05, 4.69) is 36.1 Å². The van der Waals surface area contributed by atoms with Gasteiger partial charge in [0.05, 0.1) is 0 Å². The molecule has 3 rings (SSSR count). The molecule has 2 fully saturated rings. The van der Waals surface area contributed by atoms with Crippen molar-refractivity contribution in [3.8, 4) is 0 Å². The number of hydrogen-bond acceptors (Lipinski definition) is 2. The molecular weight excluding hydrogens is 222 g/mol. The average molecular weight is 243 g/mol. The first-order valence-corrected chi connectivity index (χ1v) is 7.06. The molecule has 18 heavy (non-hydrogen) atoms. The number of piperidine rings is 2. The fourth-order valence-corrected chi connectivity index (χ4v) is 3.51. The van der Waals surface area contributed by atoms with E-state index in [1.165, 1.54) is 30.4 Å². The molecule has 2 bridgehead atoms. The van der Waals surface area contributed by atoms with Crippen LogP contribution in [-0.2, 0) is 11.3 Å². The van der Waals surface area contributed by atoms with E-state index in [-0.39, 0.29) is 0 Å². The monoisotopic (exact) mass is 243 g/mol. The van der Waals surface area contributed by atoms with E-state index in [1.54, 1.807) is 0 Å². The van der Waals surface area contributed by atoms with Gasteiger partial charge in [-0.3, -0.25) is 9.69 Å². The molecule has 0 radical (unpaired) electrons. The van der Waals surface area contributed by atoms with Crippen molar-refractivity contribution in [2.24, 2.45) is 0 Å². The minimum absolute atomic E-state index is 0.478. The third-order valence-corrected chi connectivity index (χ3v) is 4.55. The summed E-state index contributed by atoms with van der Waals surface area (Å²) in [4.78, 5) is 14.3. The standard InChI is InChI=1S/C16H21NO/c1-12-5-2-3-6-13(12)11-17-14-7-4-8-15(17)10-16(18)9-14/h2-3,5-6,14-15H,4,7-11H2,1H3. The second-order valence-corrected chi connectivity index (χ2v) is 5.78. The Bertz CT molecular complexity index is 438. The van der Waals surface area contributed by atoms with Crippen LogP contribution in [0.4, 0.5) is 0 Å². The van der Waals surface area contributed by atoms with E-state index in [9.17, 15) is 4.79 Å². The third kappa shape index (κ3) is 2.22. The summed E-state index contributed by atoms with van der Waals surface area (Å²) < 4.78 is 0. The highest BCUT2D eigenvalue weighted by atomic mass is 16.1. The SMILES string of the molecule is Cc1ccccc1CN1C2CCCC1CC(=O)C2. The number of rotatable bonds is 2. The Kier molecular flexibility index (Phi) is 3.21. The molecule has 0 saturated carbocycles. The lowest BCUT2D eigenvalue weighted by atomic mass is 9.83. The van der Waals surface area contributed by atoms with E-state index in [0.717, 1.165) is 19.4 Å². The van der Waals surface area contributed by atoms with Gasteiger partial charge in [-0.05, 0) is 30.9 Å². The van der Waals surface area contributed by atoms with Crippen LogP contribution < -0.4 is 0 Å². The maximum Gasteiger partial charge on any atom is 0.136 e. The van der Waals surface area contributed by atoms with Gasteiger partial charge in [0.25, 0.3) is 0 Å². The first kappa shape index (κ1) is 11.9.